The van der Waals surface area contributed by atoms with Crippen molar-refractivity contribution < 1.29 is 23.7 Å². The molecule has 0 radical (unpaired) electrons. The van der Waals surface area contributed by atoms with E-state index < -0.39 is 12.0 Å². The molecular weight excluding hydrogens is 518 g/mol. The summed E-state index contributed by atoms with van der Waals surface area (Å²) in [5, 5.41) is 0. The molecule has 0 fully saturated rings. The van der Waals surface area contributed by atoms with E-state index in [9.17, 15) is 9.59 Å². The van der Waals surface area contributed by atoms with Crippen LogP contribution in [0.15, 0.2) is 57.5 Å². The Balaban J connectivity index is 1.67. The molecule has 0 N–H and O–H groups in total. The number of carbonyl (C=O) groups excluding carboxylic acids is 1. The predicted molar refractivity (Wildman–Crippen MR) is 150 cm³/mol. The molecule has 2 aliphatic heterocycles. The molecule has 0 saturated carbocycles. The number of aromatic nitrogens is 1. The Morgan fingerprint density at radius 3 is 2.64 bits per heavy atom. The van der Waals surface area contributed by atoms with Gasteiger partial charge in [0, 0.05) is 30.4 Å². The van der Waals surface area contributed by atoms with Gasteiger partial charge in [-0.2, -0.15) is 0 Å². The lowest BCUT2D eigenvalue weighted by atomic mass is 9.95. The third kappa shape index (κ3) is 4.80. The van der Waals surface area contributed by atoms with E-state index in [0.29, 0.717) is 43.4 Å². The smallest absolute Gasteiger partial charge is 0.338 e. The quantitative estimate of drug-likeness (QED) is 0.398. The minimum atomic E-state index is -0.733. The standard InChI is InChI=1S/C29H31N3O6S/c1-6-31(7-2)20-11-9-18(22(15-20)35-5)14-24-27(33)32-26(19-10-12-21-23(13-19)38-16-37-21)25(28(34)36-8-3)17(4)30-29(32)39-24/h9-15,26H,6-8,16H2,1-5H3/b24-14+. The monoisotopic (exact) mass is 549 g/mol. The Morgan fingerprint density at radius 1 is 1.15 bits per heavy atom. The first kappa shape index (κ1) is 26.6. The van der Waals surface area contributed by atoms with E-state index in [1.165, 1.54) is 11.3 Å². The molecule has 1 unspecified atom stereocenters. The van der Waals surface area contributed by atoms with Crippen LogP contribution in [-0.4, -0.2) is 44.1 Å². The molecule has 3 heterocycles. The summed E-state index contributed by atoms with van der Waals surface area (Å²) in [6.07, 6.45) is 1.81. The molecule has 0 aliphatic carbocycles. The van der Waals surface area contributed by atoms with E-state index in [4.69, 9.17) is 18.9 Å². The van der Waals surface area contributed by atoms with Crippen LogP contribution in [0.3, 0.4) is 0 Å². The summed E-state index contributed by atoms with van der Waals surface area (Å²) in [6, 6.07) is 10.7. The molecule has 39 heavy (non-hydrogen) atoms. The summed E-state index contributed by atoms with van der Waals surface area (Å²) in [5.74, 6) is 1.33. The van der Waals surface area contributed by atoms with Gasteiger partial charge in [-0.05, 0) is 63.6 Å². The zero-order chi connectivity index (χ0) is 27.7. The van der Waals surface area contributed by atoms with E-state index in [1.54, 1.807) is 37.7 Å². The van der Waals surface area contributed by atoms with Gasteiger partial charge in [-0.15, -0.1) is 0 Å². The maximum absolute atomic E-state index is 13.9. The maximum Gasteiger partial charge on any atom is 0.338 e. The predicted octanol–water partition coefficient (Wildman–Crippen LogP) is 3.38. The van der Waals surface area contributed by atoms with E-state index in [0.717, 1.165) is 24.3 Å². The van der Waals surface area contributed by atoms with Crippen molar-refractivity contribution in [2.24, 2.45) is 4.99 Å². The second-order valence-electron chi connectivity index (χ2n) is 9.01. The van der Waals surface area contributed by atoms with Gasteiger partial charge in [-0.1, -0.05) is 17.4 Å². The van der Waals surface area contributed by atoms with Crippen LogP contribution >= 0.6 is 11.3 Å². The van der Waals surface area contributed by atoms with Crippen molar-refractivity contribution in [1.29, 1.82) is 0 Å². The number of rotatable bonds is 8. The minimum absolute atomic E-state index is 0.121. The van der Waals surface area contributed by atoms with Crippen molar-refractivity contribution >= 4 is 29.1 Å². The molecule has 0 bridgehead atoms. The number of fused-ring (bicyclic) bond motifs is 2. The average Bonchev–Trinajstić information content (AvgIpc) is 3.52. The number of nitrogens with zero attached hydrogens (tertiary/aromatic N) is 3. The second kappa shape index (κ2) is 11.0. The third-order valence-electron chi connectivity index (χ3n) is 6.86. The molecule has 0 spiro atoms. The first-order valence-corrected chi connectivity index (χ1v) is 13.7. The summed E-state index contributed by atoms with van der Waals surface area (Å²) >= 11 is 1.27. The molecule has 10 heteroatoms. The lowest BCUT2D eigenvalue weighted by Gasteiger charge is -2.24. The normalized spacial score (nSPS) is 16.1. The van der Waals surface area contributed by atoms with Crippen molar-refractivity contribution in [1.82, 2.24) is 4.57 Å². The molecule has 0 saturated heterocycles. The van der Waals surface area contributed by atoms with Crippen LogP contribution in [0.1, 0.15) is 44.9 Å². The zero-order valence-corrected chi connectivity index (χ0v) is 23.5. The number of hydrogen-bond donors (Lipinski definition) is 0. The molecule has 9 nitrogen and oxygen atoms in total. The van der Waals surface area contributed by atoms with Gasteiger partial charge < -0.3 is 23.8 Å². The van der Waals surface area contributed by atoms with Gasteiger partial charge in [-0.3, -0.25) is 9.36 Å². The Kier molecular flexibility index (Phi) is 7.47. The lowest BCUT2D eigenvalue weighted by molar-refractivity contribution is -0.139. The van der Waals surface area contributed by atoms with Crippen LogP contribution in [0.5, 0.6) is 17.2 Å². The van der Waals surface area contributed by atoms with Crippen molar-refractivity contribution in [3.8, 4) is 17.2 Å². The number of benzene rings is 2. The van der Waals surface area contributed by atoms with Gasteiger partial charge in [0.2, 0.25) is 6.79 Å². The van der Waals surface area contributed by atoms with Crippen LogP contribution in [0.2, 0.25) is 0 Å². The first-order chi connectivity index (χ1) is 18.9. The number of methoxy groups -OCH3 is 1. The highest BCUT2D eigenvalue weighted by Gasteiger charge is 2.34. The van der Waals surface area contributed by atoms with E-state index in [1.807, 2.05) is 30.3 Å². The molecule has 1 atom stereocenters. The summed E-state index contributed by atoms with van der Waals surface area (Å²) in [5.41, 5.74) is 3.09. The van der Waals surface area contributed by atoms with Gasteiger partial charge in [0.05, 0.1) is 35.6 Å². The van der Waals surface area contributed by atoms with Crippen LogP contribution < -0.4 is 34.0 Å². The molecule has 3 aromatic rings. The largest absolute Gasteiger partial charge is 0.496 e. The molecule has 2 aliphatic rings. The molecular formula is C29H31N3O6S. The number of allylic oxidation sites excluding steroid dienone is 1. The van der Waals surface area contributed by atoms with Gasteiger partial charge in [0.25, 0.3) is 5.56 Å². The lowest BCUT2D eigenvalue weighted by Crippen LogP contribution is -2.39. The summed E-state index contributed by atoms with van der Waals surface area (Å²) in [4.78, 5) is 34.4. The summed E-state index contributed by atoms with van der Waals surface area (Å²) < 4.78 is 24.2. The topological polar surface area (TPSA) is 91.6 Å². The zero-order valence-electron chi connectivity index (χ0n) is 22.6. The van der Waals surface area contributed by atoms with Crippen molar-refractivity contribution in [3.63, 3.8) is 0 Å². The molecule has 204 valence electrons. The van der Waals surface area contributed by atoms with Crippen molar-refractivity contribution in [2.75, 3.05) is 38.5 Å². The Labute approximate surface area is 230 Å². The Hall–Kier alpha value is -4.05. The van der Waals surface area contributed by atoms with Gasteiger partial charge >= 0.3 is 5.97 Å². The molecule has 1 aromatic heterocycles. The van der Waals surface area contributed by atoms with Gasteiger partial charge in [0.1, 0.15) is 5.75 Å². The molecule has 0 amide bonds. The summed E-state index contributed by atoms with van der Waals surface area (Å²) in [6.45, 7) is 9.80. The number of thiazole rings is 1. The SMILES string of the molecule is CCOC(=O)C1=C(C)N=c2s/c(=C/c3ccc(N(CC)CC)cc3OC)c(=O)n2C1c1ccc2c(c1)OCO2. The average molecular weight is 550 g/mol. The number of carbonyl (C=O) groups is 1. The van der Waals surface area contributed by atoms with Crippen molar-refractivity contribution in [3.05, 3.63) is 78.5 Å². The van der Waals surface area contributed by atoms with E-state index in [-0.39, 0.29) is 19.0 Å². The summed E-state index contributed by atoms with van der Waals surface area (Å²) in [7, 11) is 1.62. The van der Waals surface area contributed by atoms with E-state index in [2.05, 4.69) is 23.7 Å². The first-order valence-electron chi connectivity index (χ1n) is 12.9. The van der Waals surface area contributed by atoms with Crippen molar-refractivity contribution in [2.45, 2.75) is 33.7 Å². The third-order valence-corrected chi connectivity index (χ3v) is 7.84. The fourth-order valence-corrected chi connectivity index (χ4v) is 5.97. The minimum Gasteiger partial charge on any atom is -0.496 e. The molecule has 2 aromatic carbocycles. The van der Waals surface area contributed by atoms with Crippen LogP contribution in [0.4, 0.5) is 5.69 Å². The van der Waals surface area contributed by atoms with Crippen LogP contribution in [-0.2, 0) is 9.53 Å². The van der Waals surface area contributed by atoms with E-state index >= 15 is 0 Å². The van der Waals surface area contributed by atoms with Crippen LogP contribution in [0.25, 0.3) is 6.08 Å². The number of ether oxygens (including phenoxy) is 4. The highest BCUT2D eigenvalue weighted by molar-refractivity contribution is 7.07. The fraction of sp³-hybridized carbons (Fsp3) is 0.345. The van der Waals surface area contributed by atoms with Crippen LogP contribution in [0, 0.1) is 0 Å². The Morgan fingerprint density at radius 2 is 1.92 bits per heavy atom. The second-order valence-corrected chi connectivity index (χ2v) is 10.0. The highest BCUT2D eigenvalue weighted by atomic mass is 32.1. The fourth-order valence-electron chi connectivity index (χ4n) is 4.94. The molecule has 5 rings (SSSR count). The number of esters is 1. The highest BCUT2D eigenvalue weighted by Crippen LogP contribution is 2.38. The number of hydrogen-bond acceptors (Lipinski definition) is 9. The van der Waals surface area contributed by atoms with Gasteiger partial charge in [0.15, 0.2) is 16.3 Å². The maximum atomic E-state index is 13.9. The Bertz CT molecular complexity index is 1630. The van der Waals surface area contributed by atoms with Gasteiger partial charge in [-0.25, -0.2) is 9.79 Å². The number of anilines is 1.